The molecule has 5 rings (SSSR count). The number of carbonyl (C=O) groups is 2. The Morgan fingerprint density at radius 1 is 1.20 bits per heavy atom. The molecule has 2 aliphatic heterocycles. The molecule has 1 spiro atoms. The van der Waals surface area contributed by atoms with Crippen molar-refractivity contribution in [3.8, 4) is 5.75 Å². The van der Waals surface area contributed by atoms with Crippen LogP contribution >= 0.6 is 23.2 Å². The van der Waals surface area contributed by atoms with Crippen LogP contribution in [0.1, 0.15) is 45.5 Å². The van der Waals surface area contributed by atoms with Crippen LogP contribution in [0.3, 0.4) is 0 Å². The summed E-state index contributed by atoms with van der Waals surface area (Å²) in [6.07, 6.45) is 3.12. The van der Waals surface area contributed by atoms with Gasteiger partial charge in [0.15, 0.2) is 5.78 Å². The third kappa shape index (κ3) is 3.15. The summed E-state index contributed by atoms with van der Waals surface area (Å²) >= 11 is 12.3. The molecular weight excluding hydrogens is 425 g/mol. The van der Waals surface area contributed by atoms with Gasteiger partial charge in [-0.05, 0) is 36.8 Å². The first-order valence-corrected chi connectivity index (χ1v) is 10.6. The lowest BCUT2D eigenvalue weighted by Gasteiger charge is -2.44. The van der Waals surface area contributed by atoms with Crippen molar-refractivity contribution >= 4 is 45.8 Å². The van der Waals surface area contributed by atoms with Gasteiger partial charge in [0.25, 0.3) is 5.91 Å². The van der Waals surface area contributed by atoms with Crippen molar-refractivity contribution in [1.29, 1.82) is 0 Å². The van der Waals surface area contributed by atoms with Crippen LogP contribution in [0.25, 0.3) is 10.9 Å². The number of halogens is 2. The number of benzene rings is 2. The minimum Gasteiger partial charge on any atom is -0.486 e. The molecule has 1 aromatic heterocycles. The molecule has 0 unspecified atom stereocenters. The Balaban J connectivity index is 1.35. The molecule has 1 amide bonds. The van der Waals surface area contributed by atoms with E-state index in [0.717, 1.165) is 16.5 Å². The number of rotatable bonds is 1. The average molecular weight is 444 g/mol. The van der Waals surface area contributed by atoms with Gasteiger partial charge in [-0.3, -0.25) is 14.7 Å². The molecule has 3 aromatic rings. The topological polar surface area (TPSA) is 75.3 Å². The maximum Gasteiger partial charge on any atom is 0.253 e. The molecule has 0 saturated carbocycles. The molecule has 2 aliphatic rings. The SMILES string of the molecule is Cc1cc(C(=O)N2CCC3(CC2)CC(=O)c2c(Cl)cc(Cl)cc2O3)cc2cn[nH]c12. The quantitative estimate of drug-likeness (QED) is 0.584. The number of aromatic nitrogens is 2. The number of aryl methyl sites for hydroxylation is 1. The Hall–Kier alpha value is -2.57. The van der Waals surface area contributed by atoms with Crippen LogP contribution in [0.2, 0.25) is 10.0 Å². The van der Waals surface area contributed by atoms with E-state index in [2.05, 4.69) is 10.2 Å². The number of amides is 1. The van der Waals surface area contributed by atoms with Crippen LogP contribution in [0, 0.1) is 6.92 Å². The van der Waals surface area contributed by atoms with Gasteiger partial charge in [-0.1, -0.05) is 23.2 Å². The Morgan fingerprint density at radius 2 is 1.97 bits per heavy atom. The smallest absolute Gasteiger partial charge is 0.253 e. The molecule has 1 saturated heterocycles. The van der Waals surface area contributed by atoms with Crippen LogP contribution < -0.4 is 4.74 Å². The van der Waals surface area contributed by atoms with Gasteiger partial charge < -0.3 is 9.64 Å². The zero-order valence-electron chi connectivity index (χ0n) is 16.3. The van der Waals surface area contributed by atoms with Crippen LogP contribution in [-0.2, 0) is 0 Å². The Bertz CT molecular complexity index is 1200. The second-order valence-electron chi connectivity index (χ2n) is 8.07. The van der Waals surface area contributed by atoms with E-state index in [9.17, 15) is 9.59 Å². The van der Waals surface area contributed by atoms with E-state index in [-0.39, 0.29) is 18.1 Å². The summed E-state index contributed by atoms with van der Waals surface area (Å²) in [5.41, 5.74) is 2.33. The van der Waals surface area contributed by atoms with Crippen LogP contribution in [0.5, 0.6) is 5.75 Å². The molecule has 0 atom stereocenters. The Morgan fingerprint density at radius 3 is 2.73 bits per heavy atom. The predicted molar refractivity (Wildman–Crippen MR) is 115 cm³/mol. The number of nitrogens with one attached hydrogen (secondary N) is 1. The molecule has 8 heteroatoms. The summed E-state index contributed by atoms with van der Waals surface area (Å²) in [6, 6.07) is 6.94. The summed E-state index contributed by atoms with van der Waals surface area (Å²) in [7, 11) is 0. The second-order valence-corrected chi connectivity index (χ2v) is 8.91. The lowest BCUT2D eigenvalue weighted by Crippen LogP contribution is -2.52. The maximum atomic E-state index is 13.1. The van der Waals surface area contributed by atoms with E-state index in [1.165, 1.54) is 0 Å². The Labute approximate surface area is 183 Å². The summed E-state index contributed by atoms with van der Waals surface area (Å²) in [6.45, 7) is 2.98. The minimum absolute atomic E-state index is 0.0234. The first kappa shape index (κ1) is 19.4. The van der Waals surface area contributed by atoms with Crippen molar-refractivity contribution in [2.24, 2.45) is 0 Å². The molecule has 30 heavy (non-hydrogen) atoms. The molecular formula is C22H19Cl2N3O3. The molecule has 2 aromatic carbocycles. The van der Waals surface area contributed by atoms with Crippen molar-refractivity contribution in [2.45, 2.75) is 31.8 Å². The number of hydrogen-bond acceptors (Lipinski definition) is 4. The van der Waals surface area contributed by atoms with Gasteiger partial charge in [-0.25, -0.2) is 0 Å². The highest BCUT2D eigenvalue weighted by atomic mass is 35.5. The number of H-pyrrole nitrogens is 1. The van der Waals surface area contributed by atoms with E-state index in [4.69, 9.17) is 27.9 Å². The molecule has 154 valence electrons. The maximum absolute atomic E-state index is 13.1. The zero-order chi connectivity index (χ0) is 21.0. The highest BCUT2D eigenvalue weighted by Crippen LogP contribution is 2.43. The fourth-order valence-corrected chi connectivity index (χ4v) is 5.07. The van der Waals surface area contributed by atoms with Gasteiger partial charge in [-0.15, -0.1) is 0 Å². The normalized spacial score (nSPS) is 17.8. The molecule has 0 radical (unpaired) electrons. The van der Waals surface area contributed by atoms with E-state index >= 15 is 0 Å². The number of hydrogen-bond donors (Lipinski definition) is 1. The number of carbonyl (C=O) groups excluding carboxylic acids is 2. The molecule has 1 fully saturated rings. The second kappa shape index (κ2) is 7.00. The molecule has 1 N–H and O–H groups in total. The lowest BCUT2D eigenvalue weighted by atomic mass is 9.82. The van der Waals surface area contributed by atoms with E-state index in [0.29, 0.717) is 52.9 Å². The highest BCUT2D eigenvalue weighted by molar-refractivity contribution is 6.37. The van der Waals surface area contributed by atoms with Crippen LogP contribution in [0.15, 0.2) is 30.5 Å². The number of ether oxygens (including phenoxy) is 1. The Kier molecular flexibility index (Phi) is 4.52. The van der Waals surface area contributed by atoms with Gasteiger partial charge in [0.2, 0.25) is 0 Å². The van der Waals surface area contributed by atoms with Crippen molar-refractivity contribution < 1.29 is 14.3 Å². The van der Waals surface area contributed by atoms with Gasteiger partial charge in [0.05, 0.1) is 28.7 Å². The molecule has 0 bridgehead atoms. The van der Waals surface area contributed by atoms with Gasteiger partial charge in [0, 0.05) is 41.9 Å². The van der Waals surface area contributed by atoms with Crippen molar-refractivity contribution in [2.75, 3.05) is 13.1 Å². The minimum atomic E-state index is -0.626. The van der Waals surface area contributed by atoms with Crippen molar-refractivity contribution in [1.82, 2.24) is 15.1 Å². The third-order valence-corrected chi connectivity index (χ3v) is 6.58. The molecule has 3 heterocycles. The van der Waals surface area contributed by atoms with Crippen molar-refractivity contribution in [3.63, 3.8) is 0 Å². The zero-order valence-corrected chi connectivity index (χ0v) is 17.8. The lowest BCUT2D eigenvalue weighted by molar-refractivity contribution is -0.00567. The number of fused-ring (bicyclic) bond motifs is 2. The largest absolute Gasteiger partial charge is 0.486 e. The average Bonchev–Trinajstić information content (AvgIpc) is 3.16. The summed E-state index contributed by atoms with van der Waals surface area (Å²) in [5, 5.41) is 8.66. The number of aromatic amines is 1. The number of Topliss-reactive ketones (excluding diaryl/α,β-unsaturated/α-hetero) is 1. The first-order valence-electron chi connectivity index (χ1n) is 9.79. The molecule has 6 nitrogen and oxygen atoms in total. The number of nitrogens with zero attached hydrogens (tertiary/aromatic N) is 2. The van der Waals surface area contributed by atoms with Gasteiger partial charge >= 0.3 is 0 Å². The fourth-order valence-electron chi connectivity index (χ4n) is 4.49. The summed E-state index contributed by atoms with van der Waals surface area (Å²) < 4.78 is 6.25. The van der Waals surface area contributed by atoms with Gasteiger partial charge in [0.1, 0.15) is 11.4 Å². The van der Waals surface area contributed by atoms with Crippen LogP contribution in [0.4, 0.5) is 0 Å². The van der Waals surface area contributed by atoms with E-state index < -0.39 is 5.60 Å². The summed E-state index contributed by atoms with van der Waals surface area (Å²) in [5.74, 6) is 0.368. The number of piperidine rings is 1. The van der Waals surface area contributed by atoms with E-state index in [1.807, 2.05) is 24.0 Å². The first-order chi connectivity index (χ1) is 14.3. The van der Waals surface area contributed by atoms with E-state index in [1.54, 1.807) is 18.3 Å². The van der Waals surface area contributed by atoms with Crippen molar-refractivity contribution in [3.05, 3.63) is 57.2 Å². The summed E-state index contributed by atoms with van der Waals surface area (Å²) in [4.78, 5) is 27.7. The number of ketones is 1. The standard InChI is InChI=1S/C22H19Cl2N3O3/c1-12-6-13(7-14-11-25-26-20(12)14)21(29)27-4-2-22(3-5-27)10-17(28)19-16(24)8-15(23)9-18(19)30-22/h6-9,11H,2-5,10H2,1H3,(H,25,26). The monoisotopic (exact) mass is 443 g/mol. The predicted octanol–water partition coefficient (Wildman–Crippen LogP) is 4.82. The number of likely N-dealkylation sites (tertiary alicyclic amines) is 1. The molecule has 0 aliphatic carbocycles. The highest BCUT2D eigenvalue weighted by Gasteiger charge is 2.44. The van der Waals surface area contributed by atoms with Gasteiger partial charge in [-0.2, -0.15) is 5.10 Å². The van der Waals surface area contributed by atoms with Crippen LogP contribution in [-0.4, -0.2) is 45.5 Å². The third-order valence-electron chi connectivity index (χ3n) is 6.06. The fraction of sp³-hybridized carbons (Fsp3) is 0.318.